The normalized spacial score (nSPS) is 11.7. The summed E-state index contributed by atoms with van der Waals surface area (Å²) >= 11 is 0. The molecule has 0 radical (unpaired) electrons. The quantitative estimate of drug-likeness (QED) is 0.332. The number of ether oxygens (including phenoxy) is 2. The molecule has 0 unspecified atom stereocenters. The number of nitrogens with zero attached hydrogens (tertiary/aromatic N) is 2. The maximum atomic E-state index is 6.10. The average Bonchev–Trinajstić information content (AvgIpc) is 3.12. The molecule has 1 aromatic heterocycles. The van der Waals surface area contributed by atoms with Gasteiger partial charge in [0.2, 0.25) is 0 Å². The zero-order valence-corrected chi connectivity index (χ0v) is 19.7. The molecule has 0 fully saturated rings. The Bertz CT molecular complexity index is 1200. The van der Waals surface area contributed by atoms with E-state index < -0.39 is 0 Å². The Morgan fingerprint density at radius 3 is 2.25 bits per heavy atom. The highest BCUT2D eigenvalue weighted by molar-refractivity contribution is 5.75. The second-order valence-corrected chi connectivity index (χ2v) is 9.33. The minimum Gasteiger partial charge on any atom is -0.492 e. The molecule has 0 atom stereocenters. The molecule has 0 spiro atoms. The fraction of sp³-hybridized carbons (Fsp3) is 0.321. The Morgan fingerprint density at radius 1 is 0.812 bits per heavy atom. The lowest BCUT2D eigenvalue weighted by molar-refractivity contribution is 0.272. The molecular weight excluding hydrogens is 396 g/mol. The molecule has 3 aromatic carbocycles. The van der Waals surface area contributed by atoms with Gasteiger partial charge >= 0.3 is 0 Å². The molecule has 1 heterocycles. The van der Waals surface area contributed by atoms with E-state index in [1.54, 1.807) is 0 Å². The summed E-state index contributed by atoms with van der Waals surface area (Å²) in [6.45, 7) is 12.5. The lowest BCUT2D eigenvalue weighted by Crippen LogP contribution is -2.13. The molecule has 4 rings (SSSR count). The van der Waals surface area contributed by atoms with Crippen molar-refractivity contribution in [2.75, 3.05) is 6.61 Å². The van der Waals surface area contributed by atoms with Gasteiger partial charge in [-0.25, -0.2) is 4.98 Å². The molecule has 32 heavy (non-hydrogen) atoms. The maximum Gasteiger partial charge on any atom is 0.148 e. The van der Waals surface area contributed by atoms with Crippen LogP contribution in [-0.4, -0.2) is 16.2 Å². The Labute approximate surface area is 190 Å². The third-order valence-corrected chi connectivity index (χ3v) is 5.88. The van der Waals surface area contributed by atoms with E-state index >= 15 is 0 Å². The van der Waals surface area contributed by atoms with Crippen molar-refractivity contribution < 1.29 is 9.47 Å². The number of hydrogen-bond donors (Lipinski definition) is 0. The summed E-state index contributed by atoms with van der Waals surface area (Å²) in [4.78, 5) is 4.82. The van der Waals surface area contributed by atoms with Gasteiger partial charge in [-0.2, -0.15) is 0 Å². The van der Waals surface area contributed by atoms with Gasteiger partial charge in [0.15, 0.2) is 0 Å². The van der Waals surface area contributed by atoms with Gasteiger partial charge < -0.3 is 14.0 Å². The van der Waals surface area contributed by atoms with Crippen LogP contribution in [0.25, 0.3) is 11.0 Å². The molecule has 0 aliphatic rings. The molecule has 0 saturated carbocycles. The molecule has 0 aliphatic carbocycles. The first kappa shape index (κ1) is 21.9. The SMILES string of the molecule is Cc1ccc(OCCn2c(COc3ccc(C(C)(C)C)cc3)nc3ccccc32)cc1C. The summed E-state index contributed by atoms with van der Waals surface area (Å²) in [6, 6.07) is 22.8. The lowest BCUT2D eigenvalue weighted by atomic mass is 9.87. The molecule has 0 saturated heterocycles. The van der Waals surface area contributed by atoms with E-state index in [9.17, 15) is 0 Å². The van der Waals surface area contributed by atoms with Gasteiger partial charge in [-0.3, -0.25) is 0 Å². The van der Waals surface area contributed by atoms with Gasteiger partial charge in [-0.05, 0) is 72.4 Å². The molecule has 166 valence electrons. The van der Waals surface area contributed by atoms with Gasteiger partial charge in [0, 0.05) is 0 Å². The van der Waals surface area contributed by atoms with Crippen LogP contribution in [0.15, 0.2) is 66.7 Å². The molecule has 4 aromatic rings. The Kier molecular flexibility index (Phi) is 6.22. The van der Waals surface area contributed by atoms with Crippen LogP contribution in [0, 0.1) is 13.8 Å². The Balaban J connectivity index is 1.48. The number of imidazole rings is 1. The smallest absolute Gasteiger partial charge is 0.148 e. The number of rotatable bonds is 7. The highest BCUT2D eigenvalue weighted by atomic mass is 16.5. The van der Waals surface area contributed by atoms with Crippen molar-refractivity contribution in [3.05, 3.63) is 89.2 Å². The fourth-order valence-electron chi connectivity index (χ4n) is 3.74. The third kappa shape index (κ3) is 4.96. The molecule has 0 amide bonds. The van der Waals surface area contributed by atoms with Crippen LogP contribution in [0.5, 0.6) is 11.5 Å². The first-order valence-electron chi connectivity index (χ1n) is 11.2. The maximum absolute atomic E-state index is 6.10. The van der Waals surface area contributed by atoms with Crippen LogP contribution in [0.1, 0.15) is 43.3 Å². The highest BCUT2D eigenvalue weighted by Crippen LogP contribution is 2.25. The first-order chi connectivity index (χ1) is 15.3. The van der Waals surface area contributed by atoms with Crippen molar-refractivity contribution in [2.24, 2.45) is 0 Å². The van der Waals surface area contributed by atoms with Gasteiger partial charge in [-0.15, -0.1) is 0 Å². The number of aromatic nitrogens is 2. The van der Waals surface area contributed by atoms with E-state index in [4.69, 9.17) is 14.5 Å². The molecule has 0 bridgehead atoms. The summed E-state index contributed by atoms with van der Waals surface area (Å²) in [7, 11) is 0. The van der Waals surface area contributed by atoms with Crippen molar-refractivity contribution >= 4 is 11.0 Å². The average molecular weight is 429 g/mol. The third-order valence-electron chi connectivity index (χ3n) is 5.88. The van der Waals surface area contributed by atoms with Crippen LogP contribution in [0.4, 0.5) is 0 Å². The summed E-state index contributed by atoms with van der Waals surface area (Å²) in [5.74, 6) is 2.65. The molecule has 0 aliphatic heterocycles. The van der Waals surface area contributed by atoms with Crippen LogP contribution < -0.4 is 9.47 Å². The monoisotopic (exact) mass is 428 g/mol. The van der Waals surface area contributed by atoms with Gasteiger partial charge in [-0.1, -0.05) is 51.1 Å². The van der Waals surface area contributed by atoms with Gasteiger partial charge in [0.05, 0.1) is 17.6 Å². The molecule has 4 heteroatoms. The summed E-state index contributed by atoms with van der Waals surface area (Å²) < 4.78 is 14.3. The van der Waals surface area contributed by atoms with Crippen LogP contribution >= 0.6 is 0 Å². The van der Waals surface area contributed by atoms with Crippen LogP contribution in [-0.2, 0) is 18.6 Å². The van der Waals surface area contributed by atoms with Gasteiger partial charge in [0.1, 0.15) is 30.5 Å². The summed E-state index contributed by atoms with van der Waals surface area (Å²) in [5.41, 5.74) is 6.00. The lowest BCUT2D eigenvalue weighted by Gasteiger charge is -2.19. The number of aryl methyl sites for hydroxylation is 2. The van der Waals surface area contributed by atoms with Crippen molar-refractivity contribution in [3.63, 3.8) is 0 Å². The molecule has 4 nitrogen and oxygen atoms in total. The van der Waals surface area contributed by atoms with Crippen molar-refractivity contribution in [1.82, 2.24) is 9.55 Å². The zero-order chi connectivity index (χ0) is 22.7. The zero-order valence-electron chi connectivity index (χ0n) is 19.7. The minimum atomic E-state index is 0.127. The Hall–Kier alpha value is -3.27. The van der Waals surface area contributed by atoms with E-state index in [0.29, 0.717) is 19.8 Å². The topological polar surface area (TPSA) is 36.3 Å². The molecular formula is C28H32N2O2. The first-order valence-corrected chi connectivity index (χ1v) is 11.2. The van der Waals surface area contributed by atoms with Crippen LogP contribution in [0.2, 0.25) is 0 Å². The second-order valence-electron chi connectivity index (χ2n) is 9.33. The fourth-order valence-corrected chi connectivity index (χ4v) is 3.74. The van der Waals surface area contributed by atoms with E-state index in [1.807, 2.05) is 36.4 Å². The second kappa shape index (κ2) is 9.07. The van der Waals surface area contributed by atoms with E-state index in [2.05, 4.69) is 69.5 Å². The van der Waals surface area contributed by atoms with E-state index in [0.717, 1.165) is 28.4 Å². The predicted molar refractivity (Wildman–Crippen MR) is 131 cm³/mol. The minimum absolute atomic E-state index is 0.127. The predicted octanol–water partition coefficient (Wildman–Crippen LogP) is 6.61. The van der Waals surface area contributed by atoms with Crippen molar-refractivity contribution in [3.8, 4) is 11.5 Å². The van der Waals surface area contributed by atoms with Crippen molar-refractivity contribution in [1.29, 1.82) is 0 Å². The van der Waals surface area contributed by atoms with E-state index in [-0.39, 0.29) is 5.41 Å². The number of hydrogen-bond acceptors (Lipinski definition) is 3. The van der Waals surface area contributed by atoms with E-state index in [1.165, 1.54) is 16.7 Å². The standard InChI is InChI=1S/C28H32N2O2/c1-20-10-13-24(18-21(20)2)31-17-16-30-26-9-7-6-8-25(26)29-27(30)19-32-23-14-11-22(12-15-23)28(3,4)5/h6-15,18H,16-17,19H2,1-5H3. The van der Waals surface area contributed by atoms with Gasteiger partial charge in [0.25, 0.3) is 0 Å². The molecule has 0 N–H and O–H groups in total. The number of para-hydroxylation sites is 2. The summed E-state index contributed by atoms with van der Waals surface area (Å²) in [5, 5.41) is 0. The van der Waals surface area contributed by atoms with Crippen molar-refractivity contribution in [2.45, 2.75) is 53.2 Å². The Morgan fingerprint density at radius 2 is 1.53 bits per heavy atom. The largest absolute Gasteiger partial charge is 0.492 e. The summed E-state index contributed by atoms with van der Waals surface area (Å²) in [6.07, 6.45) is 0. The highest BCUT2D eigenvalue weighted by Gasteiger charge is 2.14. The number of benzene rings is 3. The van der Waals surface area contributed by atoms with Crippen LogP contribution in [0.3, 0.4) is 0 Å². The number of fused-ring (bicyclic) bond motifs is 1.